The van der Waals surface area contributed by atoms with E-state index >= 15 is 0 Å². The molecule has 1 aromatic heterocycles. The van der Waals surface area contributed by atoms with E-state index in [-0.39, 0.29) is 18.2 Å². The van der Waals surface area contributed by atoms with Gasteiger partial charge in [0.2, 0.25) is 12.1 Å². The molecule has 0 spiro atoms. The van der Waals surface area contributed by atoms with Crippen LogP contribution in [0.2, 0.25) is 5.02 Å². The first-order valence-corrected chi connectivity index (χ1v) is 8.88. The fourth-order valence-electron chi connectivity index (χ4n) is 2.75. The monoisotopic (exact) mass is 399 g/mol. The maximum Gasteiger partial charge on any atom is 0.271 e. The summed E-state index contributed by atoms with van der Waals surface area (Å²) < 4.78 is 14.9. The quantitative estimate of drug-likeness (QED) is 0.714. The van der Waals surface area contributed by atoms with Crippen LogP contribution in [-0.4, -0.2) is 32.5 Å². The van der Waals surface area contributed by atoms with Crippen LogP contribution in [0.5, 0.6) is 0 Å². The van der Waals surface area contributed by atoms with Gasteiger partial charge in [0.15, 0.2) is 0 Å². The number of nitrogens with one attached hydrogen (secondary N) is 1. The smallest absolute Gasteiger partial charge is 0.271 e. The van der Waals surface area contributed by atoms with Gasteiger partial charge in [0.1, 0.15) is 12.1 Å². The number of benzene rings is 2. The summed E-state index contributed by atoms with van der Waals surface area (Å²) in [4.78, 5) is 21.6. The van der Waals surface area contributed by atoms with Gasteiger partial charge >= 0.3 is 0 Å². The summed E-state index contributed by atoms with van der Waals surface area (Å²) in [6.45, 7) is 0.493. The topological polar surface area (TPSA) is 81.4 Å². The van der Waals surface area contributed by atoms with E-state index in [2.05, 4.69) is 20.6 Å². The van der Waals surface area contributed by atoms with Gasteiger partial charge in [-0.15, -0.1) is 5.10 Å². The van der Waals surface area contributed by atoms with Crippen LogP contribution in [0, 0.1) is 5.82 Å². The molecule has 28 heavy (non-hydrogen) atoms. The number of carbonyl (C=O) groups excluding carboxylic acids is 1. The van der Waals surface area contributed by atoms with Crippen LogP contribution in [-0.2, 0) is 16.2 Å². The number of amides is 1. The zero-order valence-electron chi connectivity index (χ0n) is 14.5. The van der Waals surface area contributed by atoms with Gasteiger partial charge in [-0.05, 0) is 29.8 Å². The molecule has 1 atom stereocenters. The Morgan fingerprint density at radius 2 is 2.11 bits per heavy atom. The van der Waals surface area contributed by atoms with E-state index in [0.717, 1.165) is 5.56 Å². The number of aromatic nitrogens is 3. The Hall–Kier alpha value is -3.26. The minimum Gasteiger partial charge on any atom is -0.382 e. The van der Waals surface area contributed by atoms with Crippen molar-refractivity contribution in [3.63, 3.8) is 0 Å². The summed E-state index contributed by atoms with van der Waals surface area (Å²) in [5.41, 5.74) is 2.10. The molecule has 7 nitrogen and oxygen atoms in total. The molecule has 2 aromatic carbocycles. The van der Waals surface area contributed by atoms with Crippen molar-refractivity contribution < 1.29 is 14.0 Å². The van der Waals surface area contributed by atoms with Crippen LogP contribution in [0.4, 0.5) is 10.3 Å². The van der Waals surface area contributed by atoms with Gasteiger partial charge in [-0.1, -0.05) is 41.0 Å². The number of hydrogen-bond donors (Lipinski definition) is 1. The van der Waals surface area contributed by atoms with Gasteiger partial charge < -0.3 is 4.84 Å². The Morgan fingerprint density at radius 1 is 1.29 bits per heavy atom. The molecular formula is C19H15ClFN5O2. The molecule has 9 heteroatoms. The normalized spacial score (nSPS) is 15.8. The lowest BCUT2D eigenvalue weighted by molar-refractivity contribution is -0.125. The van der Waals surface area contributed by atoms with Crippen molar-refractivity contribution in [3.8, 4) is 0 Å². The molecule has 0 bridgehead atoms. The van der Waals surface area contributed by atoms with Crippen molar-refractivity contribution in [2.75, 3.05) is 5.32 Å². The molecule has 1 amide bonds. The van der Waals surface area contributed by atoms with Gasteiger partial charge in [-0.3, -0.25) is 10.1 Å². The van der Waals surface area contributed by atoms with E-state index in [9.17, 15) is 9.18 Å². The number of halogens is 2. The second-order valence-corrected chi connectivity index (χ2v) is 6.66. The minimum absolute atomic E-state index is 0.168. The van der Waals surface area contributed by atoms with E-state index in [1.807, 2.05) is 12.1 Å². The minimum atomic E-state index is -0.818. The van der Waals surface area contributed by atoms with Gasteiger partial charge in [-0.25, -0.2) is 14.1 Å². The lowest BCUT2D eigenvalue weighted by atomic mass is 10.0. The maximum absolute atomic E-state index is 13.3. The van der Waals surface area contributed by atoms with Crippen molar-refractivity contribution in [3.05, 3.63) is 76.8 Å². The Morgan fingerprint density at radius 3 is 2.89 bits per heavy atom. The van der Waals surface area contributed by atoms with Crippen molar-refractivity contribution in [2.45, 2.75) is 19.1 Å². The lowest BCUT2D eigenvalue weighted by Gasteiger charge is -2.06. The molecule has 0 radical (unpaired) electrons. The molecule has 4 rings (SSSR count). The van der Waals surface area contributed by atoms with Crippen molar-refractivity contribution >= 4 is 29.2 Å². The highest BCUT2D eigenvalue weighted by Crippen LogP contribution is 2.18. The molecule has 0 fully saturated rings. The second kappa shape index (κ2) is 7.77. The van der Waals surface area contributed by atoms with Crippen molar-refractivity contribution in [1.29, 1.82) is 0 Å². The molecule has 0 saturated carbocycles. The molecule has 0 aliphatic carbocycles. The van der Waals surface area contributed by atoms with Gasteiger partial charge in [0, 0.05) is 17.0 Å². The van der Waals surface area contributed by atoms with Crippen LogP contribution in [0.3, 0.4) is 0 Å². The Labute approximate surface area is 164 Å². The average Bonchev–Trinajstić information content (AvgIpc) is 3.33. The van der Waals surface area contributed by atoms with Crippen LogP contribution in [0.25, 0.3) is 0 Å². The standard InChI is InChI=1S/C19H15ClFN5O2/c20-14-6-4-12(5-7-14)10-26-11-22-19(24-26)23-18(27)17-9-16(25-28-17)13-2-1-3-15(21)8-13/h1-8,11,17H,9-10H2,(H,23,24,27)/t17-/m1/s1. The molecule has 1 N–H and O–H groups in total. The van der Waals surface area contributed by atoms with E-state index in [1.165, 1.54) is 18.5 Å². The van der Waals surface area contributed by atoms with E-state index < -0.39 is 12.0 Å². The number of anilines is 1. The third kappa shape index (κ3) is 4.17. The summed E-state index contributed by atoms with van der Waals surface area (Å²) >= 11 is 5.87. The fourth-order valence-corrected chi connectivity index (χ4v) is 2.88. The molecule has 142 valence electrons. The molecule has 0 saturated heterocycles. The zero-order chi connectivity index (χ0) is 19.5. The summed E-state index contributed by atoms with van der Waals surface area (Å²) in [5, 5.41) is 11.4. The fraction of sp³-hybridized carbons (Fsp3) is 0.158. The molecule has 1 aliphatic rings. The van der Waals surface area contributed by atoms with Crippen LogP contribution < -0.4 is 5.32 Å². The Kier molecular flexibility index (Phi) is 5.03. The Bertz CT molecular complexity index is 1030. The summed E-state index contributed by atoms with van der Waals surface area (Å²) in [6.07, 6.45) is 0.941. The van der Waals surface area contributed by atoms with E-state index in [4.69, 9.17) is 16.4 Å². The average molecular weight is 400 g/mol. The molecule has 2 heterocycles. The van der Waals surface area contributed by atoms with Crippen molar-refractivity contribution in [1.82, 2.24) is 14.8 Å². The number of rotatable bonds is 5. The van der Waals surface area contributed by atoms with Gasteiger partial charge in [-0.2, -0.15) is 0 Å². The SMILES string of the molecule is O=C(Nc1ncn(Cc2ccc(Cl)cc2)n1)[C@H]1CC(c2cccc(F)c2)=NO1. The number of nitrogens with zero attached hydrogens (tertiary/aromatic N) is 4. The highest BCUT2D eigenvalue weighted by molar-refractivity contribution is 6.30. The maximum atomic E-state index is 13.3. The van der Waals surface area contributed by atoms with Crippen LogP contribution in [0.1, 0.15) is 17.5 Å². The van der Waals surface area contributed by atoms with Crippen molar-refractivity contribution in [2.24, 2.45) is 5.16 Å². The molecule has 1 aliphatic heterocycles. The largest absolute Gasteiger partial charge is 0.382 e. The van der Waals surface area contributed by atoms with E-state index in [1.54, 1.807) is 28.9 Å². The third-order valence-corrected chi connectivity index (χ3v) is 4.40. The molecule has 0 unspecified atom stereocenters. The zero-order valence-corrected chi connectivity index (χ0v) is 15.3. The summed E-state index contributed by atoms with van der Waals surface area (Å²) in [6, 6.07) is 13.4. The third-order valence-electron chi connectivity index (χ3n) is 4.15. The Balaban J connectivity index is 1.34. The van der Waals surface area contributed by atoms with Gasteiger partial charge in [0.25, 0.3) is 5.91 Å². The lowest BCUT2D eigenvalue weighted by Crippen LogP contribution is -2.28. The van der Waals surface area contributed by atoms with Crippen LogP contribution >= 0.6 is 11.6 Å². The molecular weight excluding hydrogens is 385 g/mol. The first kappa shape index (κ1) is 18.1. The first-order valence-electron chi connectivity index (χ1n) is 8.50. The molecule has 3 aromatic rings. The highest BCUT2D eigenvalue weighted by Gasteiger charge is 2.29. The summed E-state index contributed by atoms with van der Waals surface area (Å²) in [7, 11) is 0. The van der Waals surface area contributed by atoms with Crippen LogP contribution in [0.15, 0.2) is 60.0 Å². The number of oxime groups is 1. The predicted octanol–water partition coefficient (Wildman–Crippen LogP) is 3.25. The summed E-state index contributed by atoms with van der Waals surface area (Å²) in [5.74, 6) is -0.621. The number of hydrogen-bond acceptors (Lipinski definition) is 5. The first-order chi connectivity index (χ1) is 13.6. The second-order valence-electron chi connectivity index (χ2n) is 6.23. The van der Waals surface area contributed by atoms with Gasteiger partial charge in [0.05, 0.1) is 12.3 Å². The van der Waals surface area contributed by atoms with E-state index in [0.29, 0.717) is 22.8 Å². The number of carbonyl (C=O) groups is 1. The predicted molar refractivity (Wildman–Crippen MR) is 102 cm³/mol. The highest BCUT2D eigenvalue weighted by atomic mass is 35.5.